The van der Waals surface area contributed by atoms with E-state index in [0.29, 0.717) is 28.6 Å². The standard InChI is InChI=1S/C19H24N2O7S/c1-25-12-6-7-16(27-3)14(8-12)21-18(22)11-20-15-9-13(26-2)10-17(19(15)28-4)29(5,23)24/h6-10,20H,11H2,1-5H3,(H,21,22). The van der Waals surface area contributed by atoms with Crippen LogP contribution in [0.25, 0.3) is 0 Å². The van der Waals surface area contributed by atoms with Crippen molar-refractivity contribution in [3.8, 4) is 23.0 Å². The fourth-order valence-corrected chi connectivity index (χ4v) is 3.45. The molecule has 29 heavy (non-hydrogen) atoms. The number of ether oxygens (including phenoxy) is 4. The van der Waals surface area contributed by atoms with Gasteiger partial charge in [-0.25, -0.2) is 8.42 Å². The molecular formula is C19H24N2O7S. The van der Waals surface area contributed by atoms with Gasteiger partial charge in [-0.2, -0.15) is 0 Å². The first-order valence-corrected chi connectivity index (χ1v) is 10.3. The molecular weight excluding hydrogens is 400 g/mol. The predicted octanol–water partition coefficient (Wildman–Crippen LogP) is 2.18. The van der Waals surface area contributed by atoms with Crippen molar-refractivity contribution in [2.24, 2.45) is 0 Å². The van der Waals surface area contributed by atoms with E-state index >= 15 is 0 Å². The molecule has 0 saturated heterocycles. The van der Waals surface area contributed by atoms with E-state index in [9.17, 15) is 13.2 Å². The number of hydrogen-bond acceptors (Lipinski definition) is 8. The summed E-state index contributed by atoms with van der Waals surface area (Å²) >= 11 is 0. The van der Waals surface area contributed by atoms with E-state index in [2.05, 4.69) is 10.6 Å². The number of amides is 1. The fourth-order valence-electron chi connectivity index (χ4n) is 2.59. The third-order valence-corrected chi connectivity index (χ3v) is 5.09. The van der Waals surface area contributed by atoms with E-state index in [1.54, 1.807) is 24.3 Å². The summed E-state index contributed by atoms with van der Waals surface area (Å²) in [6.45, 7) is -0.160. The Bertz CT molecular complexity index is 990. The third-order valence-electron chi connectivity index (χ3n) is 3.99. The highest BCUT2D eigenvalue weighted by Crippen LogP contribution is 2.36. The first-order valence-electron chi connectivity index (χ1n) is 8.45. The second-order valence-electron chi connectivity index (χ2n) is 5.95. The number of anilines is 2. The Morgan fingerprint density at radius 2 is 1.55 bits per heavy atom. The number of benzene rings is 2. The molecule has 9 nitrogen and oxygen atoms in total. The van der Waals surface area contributed by atoms with E-state index in [1.807, 2.05) is 0 Å². The molecule has 0 heterocycles. The largest absolute Gasteiger partial charge is 0.497 e. The molecule has 2 rings (SSSR count). The number of nitrogens with one attached hydrogen (secondary N) is 2. The molecule has 0 aliphatic rings. The molecule has 2 aromatic carbocycles. The van der Waals surface area contributed by atoms with Gasteiger partial charge in [0, 0.05) is 24.5 Å². The molecule has 1 amide bonds. The molecule has 158 valence electrons. The molecule has 0 fully saturated rings. The zero-order chi connectivity index (χ0) is 21.6. The van der Waals surface area contributed by atoms with Crippen LogP contribution < -0.4 is 29.6 Å². The van der Waals surface area contributed by atoms with Crippen molar-refractivity contribution in [1.29, 1.82) is 0 Å². The fraction of sp³-hybridized carbons (Fsp3) is 0.316. The van der Waals surface area contributed by atoms with Gasteiger partial charge in [-0.1, -0.05) is 0 Å². The Balaban J connectivity index is 2.24. The number of carbonyl (C=O) groups is 1. The summed E-state index contributed by atoms with van der Waals surface area (Å²) in [6.07, 6.45) is 1.07. The van der Waals surface area contributed by atoms with Crippen LogP contribution in [0.5, 0.6) is 23.0 Å². The highest BCUT2D eigenvalue weighted by molar-refractivity contribution is 7.90. The monoisotopic (exact) mass is 424 g/mol. The summed E-state index contributed by atoms with van der Waals surface area (Å²) in [5, 5.41) is 5.60. The summed E-state index contributed by atoms with van der Waals surface area (Å²) in [6, 6.07) is 7.92. The molecule has 10 heteroatoms. The summed E-state index contributed by atoms with van der Waals surface area (Å²) in [5.74, 6) is 1.05. The molecule has 0 aliphatic carbocycles. The normalized spacial score (nSPS) is 10.8. The van der Waals surface area contributed by atoms with Gasteiger partial charge in [-0.05, 0) is 12.1 Å². The molecule has 0 saturated carbocycles. The number of sulfone groups is 1. The average molecular weight is 424 g/mol. The first-order chi connectivity index (χ1) is 13.7. The minimum absolute atomic E-state index is 0.0447. The second-order valence-corrected chi connectivity index (χ2v) is 7.93. The average Bonchev–Trinajstić information content (AvgIpc) is 2.70. The zero-order valence-electron chi connectivity index (χ0n) is 16.9. The van der Waals surface area contributed by atoms with Crippen LogP contribution in [-0.4, -0.2) is 55.6 Å². The van der Waals surface area contributed by atoms with Crippen LogP contribution in [0.2, 0.25) is 0 Å². The lowest BCUT2D eigenvalue weighted by molar-refractivity contribution is -0.114. The lowest BCUT2D eigenvalue weighted by atomic mass is 10.2. The van der Waals surface area contributed by atoms with E-state index < -0.39 is 9.84 Å². The van der Waals surface area contributed by atoms with Crippen molar-refractivity contribution >= 4 is 27.1 Å². The number of rotatable bonds is 9. The topological polar surface area (TPSA) is 112 Å². The predicted molar refractivity (Wildman–Crippen MR) is 109 cm³/mol. The number of hydrogen-bond donors (Lipinski definition) is 2. The smallest absolute Gasteiger partial charge is 0.243 e. The quantitative estimate of drug-likeness (QED) is 0.630. The van der Waals surface area contributed by atoms with Crippen LogP contribution in [0, 0.1) is 0 Å². The zero-order valence-corrected chi connectivity index (χ0v) is 17.7. The minimum atomic E-state index is -3.58. The van der Waals surface area contributed by atoms with Crippen LogP contribution in [0.3, 0.4) is 0 Å². The molecule has 0 atom stereocenters. The van der Waals surface area contributed by atoms with Gasteiger partial charge in [-0.15, -0.1) is 0 Å². The maximum atomic E-state index is 12.4. The van der Waals surface area contributed by atoms with Crippen LogP contribution in [0.4, 0.5) is 11.4 Å². The first kappa shape index (κ1) is 22.2. The van der Waals surface area contributed by atoms with Gasteiger partial charge >= 0.3 is 0 Å². The van der Waals surface area contributed by atoms with Crippen molar-refractivity contribution in [3.05, 3.63) is 30.3 Å². The Hall–Kier alpha value is -3.14. The van der Waals surface area contributed by atoms with Crippen molar-refractivity contribution < 1.29 is 32.2 Å². The summed E-state index contributed by atoms with van der Waals surface area (Å²) < 4.78 is 45.0. The summed E-state index contributed by atoms with van der Waals surface area (Å²) in [5.41, 5.74) is 0.744. The van der Waals surface area contributed by atoms with Gasteiger partial charge in [-0.3, -0.25) is 4.79 Å². The molecule has 0 radical (unpaired) electrons. The van der Waals surface area contributed by atoms with Gasteiger partial charge in [0.2, 0.25) is 5.91 Å². The van der Waals surface area contributed by atoms with Crippen LogP contribution in [0.15, 0.2) is 35.2 Å². The van der Waals surface area contributed by atoms with E-state index in [-0.39, 0.29) is 23.1 Å². The van der Waals surface area contributed by atoms with Gasteiger partial charge in [0.1, 0.15) is 22.1 Å². The molecule has 0 bridgehead atoms. The highest BCUT2D eigenvalue weighted by Gasteiger charge is 2.20. The lowest BCUT2D eigenvalue weighted by Gasteiger charge is -2.16. The Kier molecular flexibility index (Phi) is 7.16. The molecule has 2 aromatic rings. The Morgan fingerprint density at radius 1 is 0.897 bits per heavy atom. The maximum Gasteiger partial charge on any atom is 0.243 e. The van der Waals surface area contributed by atoms with E-state index in [4.69, 9.17) is 18.9 Å². The van der Waals surface area contributed by atoms with Crippen LogP contribution >= 0.6 is 0 Å². The molecule has 0 unspecified atom stereocenters. The Labute approximate surface area is 169 Å². The SMILES string of the molecule is COc1ccc(OC)c(NC(=O)CNc2cc(OC)cc(S(C)(=O)=O)c2OC)c1. The van der Waals surface area contributed by atoms with Crippen molar-refractivity contribution in [1.82, 2.24) is 0 Å². The maximum absolute atomic E-state index is 12.4. The molecule has 0 spiro atoms. The lowest BCUT2D eigenvalue weighted by Crippen LogP contribution is -2.22. The highest BCUT2D eigenvalue weighted by atomic mass is 32.2. The Morgan fingerprint density at radius 3 is 2.10 bits per heavy atom. The van der Waals surface area contributed by atoms with E-state index in [0.717, 1.165) is 6.26 Å². The molecule has 2 N–H and O–H groups in total. The van der Waals surface area contributed by atoms with Crippen molar-refractivity contribution in [2.45, 2.75) is 4.90 Å². The van der Waals surface area contributed by atoms with Gasteiger partial charge in [0.15, 0.2) is 15.6 Å². The van der Waals surface area contributed by atoms with Gasteiger partial charge in [0.05, 0.1) is 46.4 Å². The van der Waals surface area contributed by atoms with Crippen molar-refractivity contribution in [3.63, 3.8) is 0 Å². The van der Waals surface area contributed by atoms with Gasteiger partial charge < -0.3 is 29.6 Å². The van der Waals surface area contributed by atoms with Crippen LogP contribution in [0.1, 0.15) is 0 Å². The molecule has 0 aromatic heterocycles. The molecule has 0 aliphatic heterocycles. The second kappa shape index (κ2) is 9.37. The van der Waals surface area contributed by atoms with Crippen LogP contribution in [-0.2, 0) is 14.6 Å². The third kappa shape index (κ3) is 5.44. The van der Waals surface area contributed by atoms with E-state index in [1.165, 1.54) is 34.5 Å². The number of methoxy groups -OCH3 is 4. The summed E-state index contributed by atoms with van der Waals surface area (Å²) in [7, 11) is 2.19. The summed E-state index contributed by atoms with van der Waals surface area (Å²) in [4.78, 5) is 12.4. The van der Waals surface area contributed by atoms with Crippen molar-refractivity contribution in [2.75, 3.05) is 51.9 Å². The minimum Gasteiger partial charge on any atom is -0.497 e. The van der Waals surface area contributed by atoms with Gasteiger partial charge in [0.25, 0.3) is 0 Å². The number of carbonyl (C=O) groups excluding carboxylic acids is 1.